The second-order valence-electron chi connectivity index (χ2n) is 4.29. The van der Waals surface area contributed by atoms with Crippen LogP contribution in [0.15, 0.2) is 6.33 Å². The summed E-state index contributed by atoms with van der Waals surface area (Å²) in [6.45, 7) is 8.11. The third kappa shape index (κ3) is 3.76. The van der Waals surface area contributed by atoms with Crippen molar-refractivity contribution in [3.63, 3.8) is 0 Å². The summed E-state index contributed by atoms with van der Waals surface area (Å²) in [5.41, 5.74) is 0. The normalized spacial score (nSPS) is 13.3. The second-order valence-corrected chi connectivity index (χ2v) is 4.59. The number of rotatable bonds is 7. The van der Waals surface area contributed by atoms with E-state index in [4.69, 9.17) is 11.6 Å². The number of halogens is 1. The van der Waals surface area contributed by atoms with Crippen molar-refractivity contribution in [3.8, 4) is 0 Å². The zero-order valence-corrected chi connectivity index (χ0v) is 11.0. The topological polar surface area (TPSA) is 42.7 Å². The highest BCUT2D eigenvalue weighted by Crippen LogP contribution is 2.05. The van der Waals surface area contributed by atoms with E-state index in [2.05, 4.69) is 36.2 Å². The molecule has 0 aliphatic rings. The molecule has 0 bridgehead atoms. The fraction of sp³-hybridized carbons (Fsp3) is 0.818. The van der Waals surface area contributed by atoms with Gasteiger partial charge in [0.1, 0.15) is 12.2 Å². The molecular weight excluding hydrogens is 224 g/mol. The monoisotopic (exact) mass is 244 g/mol. The molecule has 0 aliphatic carbocycles. The molecule has 0 spiro atoms. The van der Waals surface area contributed by atoms with Gasteiger partial charge in [-0.2, -0.15) is 5.10 Å². The lowest BCUT2D eigenvalue weighted by Crippen LogP contribution is -2.35. The van der Waals surface area contributed by atoms with Crippen LogP contribution in [0.25, 0.3) is 0 Å². The van der Waals surface area contributed by atoms with Crippen LogP contribution in [0, 0.1) is 5.92 Å². The minimum absolute atomic E-state index is 0.327. The zero-order chi connectivity index (χ0) is 12.0. The van der Waals surface area contributed by atoms with Gasteiger partial charge in [0.15, 0.2) is 0 Å². The summed E-state index contributed by atoms with van der Waals surface area (Å²) < 4.78 is 1.94. The SMILES string of the molecule is CCCn1ncnc1CNC(CCl)C(C)C. The van der Waals surface area contributed by atoms with Gasteiger partial charge in [0.05, 0.1) is 6.54 Å². The molecule has 1 rings (SSSR count). The van der Waals surface area contributed by atoms with Gasteiger partial charge in [-0.25, -0.2) is 9.67 Å². The molecule has 1 heterocycles. The first kappa shape index (κ1) is 13.5. The molecular formula is C11H21ClN4. The lowest BCUT2D eigenvalue weighted by atomic mass is 10.1. The fourth-order valence-electron chi connectivity index (χ4n) is 1.51. The Morgan fingerprint density at radius 1 is 1.50 bits per heavy atom. The molecule has 1 aromatic rings. The average molecular weight is 245 g/mol. The summed E-state index contributed by atoms with van der Waals surface area (Å²) in [4.78, 5) is 4.25. The van der Waals surface area contributed by atoms with Crippen LogP contribution in [-0.4, -0.2) is 26.7 Å². The van der Waals surface area contributed by atoms with Gasteiger partial charge in [0, 0.05) is 18.5 Å². The summed E-state index contributed by atoms with van der Waals surface area (Å²) in [6.07, 6.45) is 2.68. The Balaban J connectivity index is 2.49. The largest absolute Gasteiger partial charge is 0.306 e. The lowest BCUT2D eigenvalue weighted by Gasteiger charge is -2.19. The van der Waals surface area contributed by atoms with E-state index in [0.29, 0.717) is 17.8 Å². The minimum Gasteiger partial charge on any atom is -0.306 e. The Hall–Kier alpha value is -0.610. The minimum atomic E-state index is 0.327. The number of nitrogens with zero attached hydrogens (tertiary/aromatic N) is 3. The average Bonchev–Trinajstić information content (AvgIpc) is 2.67. The Bertz CT molecular complexity index is 298. The first-order valence-corrected chi connectivity index (χ1v) is 6.38. The summed E-state index contributed by atoms with van der Waals surface area (Å²) in [5.74, 6) is 2.14. The molecule has 92 valence electrons. The van der Waals surface area contributed by atoms with Crippen LogP contribution >= 0.6 is 11.6 Å². The van der Waals surface area contributed by atoms with Crippen molar-refractivity contribution in [2.75, 3.05) is 5.88 Å². The van der Waals surface area contributed by atoms with Gasteiger partial charge in [-0.05, 0) is 12.3 Å². The Labute approximate surface area is 102 Å². The van der Waals surface area contributed by atoms with Gasteiger partial charge >= 0.3 is 0 Å². The molecule has 16 heavy (non-hydrogen) atoms. The molecule has 0 saturated heterocycles. The third-order valence-corrected chi connectivity index (χ3v) is 2.96. The maximum absolute atomic E-state index is 5.90. The maximum Gasteiger partial charge on any atom is 0.140 e. The van der Waals surface area contributed by atoms with E-state index in [1.807, 2.05) is 4.68 Å². The predicted molar refractivity (Wildman–Crippen MR) is 66.5 cm³/mol. The van der Waals surface area contributed by atoms with Crippen LogP contribution in [0.1, 0.15) is 33.0 Å². The van der Waals surface area contributed by atoms with E-state index in [1.54, 1.807) is 6.33 Å². The fourth-order valence-corrected chi connectivity index (χ4v) is 1.98. The smallest absolute Gasteiger partial charge is 0.140 e. The van der Waals surface area contributed by atoms with Crippen LogP contribution in [0.4, 0.5) is 0 Å². The summed E-state index contributed by atoms with van der Waals surface area (Å²) in [7, 11) is 0. The molecule has 0 saturated carbocycles. The lowest BCUT2D eigenvalue weighted by molar-refractivity contribution is 0.416. The van der Waals surface area contributed by atoms with Crippen molar-refractivity contribution in [1.82, 2.24) is 20.1 Å². The molecule has 1 unspecified atom stereocenters. The van der Waals surface area contributed by atoms with Crippen molar-refractivity contribution in [3.05, 3.63) is 12.2 Å². The third-order valence-electron chi connectivity index (χ3n) is 2.62. The highest BCUT2D eigenvalue weighted by molar-refractivity contribution is 6.18. The summed E-state index contributed by atoms with van der Waals surface area (Å²) >= 11 is 5.90. The highest BCUT2D eigenvalue weighted by Gasteiger charge is 2.12. The molecule has 1 aromatic heterocycles. The van der Waals surface area contributed by atoms with Crippen molar-refractivity contribution in [1.29, 1.82) is 0 Å². The van der Waals surface area contributed by atoms with E-state index in [-0.39, 0.29) is 0 Å². The first-order valence-electron chi connectivity index (χ1n) is 5.85. The highest BCUT2D eigenvalue weighted by atomic mass is 35.5. The van der Waals surface area contributed by atoms with Gasteiger partial charge in [-0.3, -0.25) is 0 Å². The number of nitrogens with one attached hydrogen (secondary N) is 1. The van der Waals surface area contributed by atoms with E-state index in [0.717, 1.165) is 25.3 Å². The Kier molecular flexibility index (Phi) is 5.77. The Morgan fingerprint density at radius 2 is 2.25 bits per heavy atom. The molecule has 4 nitrogen and oxygen atoms in total. The molecule has 0 amide bonds. The zero-order valence-electron chi connectivity index (χ0n) is 10.3. The van der Waals surface area contributed by atoms with Crippen LogP contribution < -0.4 is 5.32 Å². The van der Waals surface area contributed by atoms with E-state index >= 15 is 0 Å². The molecule has 0 fully saturated rings. The molecule has 1 N–H and O–H groups in total. The number of aryl methyl sites for hydroxylation is 1. The van der Waals surface area contributed by atoms with Crippen LogP contribution in [0.3, 0.4) is 0 Å². The number of alkyl halides is 1. The molecule has 0 aromatic carbocycles. The van der Waals surface area contributed by atoms with Gasteiger partial charge < -0.3 is 5.32 Å². The maximum atomic E-state index is 5.90. The van der Waals surface area contributed by atoms with Gasteiger partial charge in [0.2, 0.25) is 0 Å². The summed E-state index contributed by atoms with van der Waals surface area (Å²) in [5, 5.41) is 7.60. The number of aromatic nitrogens is 3. The van der Waals surface area contributed by atoms with Crippen molar-refractivity contribution < 1.29 is 0 Å². The van der Waals surface area contributed by atoms with Crippen LogP contribution in [-0.2, 0) is 13.1 Å². The van der Waals surface area contributed by atoms with E-state index in [9.17, 15) is 0 Å². The molecule has 0 aliphatic heterocycles. The van der Waals surface area contributed by atoms with E-state index < -0.39 is 0 Å². The quantitative estimate of drug-likeness (QED) is 0.747. The van der Waals surface area contributed by atoms with Crippen molar-refractivity contribution >= 4 is 11.6 Å². The second kappa shape index (κ2) is 6.86. The predicted octanol–water partition coefficient (Wildman–Crippen LogP) is 2.04. The Morgan fingerprint density at radius 3 is 2.81 bits per heavy atom. The van der Waals surface area contributed by atoms with Gasteiger partial charge in [-0.15, -0.1) is 11.6 Å². The molecule has 0 radical (unpaired) electrons. The number of hydrogen-bond acceptors (Lipinski definition) is 3. The first-order chi connectivity index (χ1) is 7.69. The summed E-state index contributed by atoms with van der Waals surface area (Å²) in [6, 6.07) is 0.327. The number of hydrogen-bond donors (Lipinski definition) is 1. The molecule has 5 heteroatoms. The molecule has 1 atom stereocenters. The van der Waals surface area contributed by atoms with Crippen molar-refractivity contribution in [2.24, 2.45) is 5.92 Å². The van der Waals surface area contributed by atoms with Gasteiger partial charge in [-0.1, -0.05) is 20.8 Å². The standard InChI is InChI=1S/C11H21ClN4/c1-4-5-16-11(14-8-15-16)7-13-10(6-12)9(2)3/h8-10,13H,4-7H2,1-3H3. The van der Waals surface area contributed by atoms with E-state index in [1.165, 1.54) is 0 Å². The van der Waals surface area contributed by atoms with Gasteiger partial charge in [0.25, 0.3) is 0 Å². The van der Waals surface area contributed by atoms with Crippen LogP contribution in [0.5, 0.6) is 0 Å². The van der Waals surface area contributed by atoms with Crippen molar-refractivity contribution in [2.45, 2.75) is 46.3 Å². The van der Waals surface area contributed by atoms with Crippen LogP contribution in [0.2, 0.25) is 0 Å².